The second kappa shape index (κ2) is 5.86. The minimum Gasteiger partial charge on any atom is -0.267 e. The summed E-state index contributed by atoms with van der Waals surface area (Å²) in [6.45, 7) is 3.71. The number of pyridine rings is 2. The van der Waals surface area contributed by atoms with Gasteiger partial charge in [-0.05, 0) is 38.1 Å². The first-order valence-electron chi connectivity index (χ1n) is 5.85. The fourth-order valence-electron chi connectivity index (χ4n) is 1.50. The van der Waals surface area contributed by atoms with Gasteiger partial charge in [-0.2, -0.15) is 5.10 Å². The van der Waals surface area contributed by atoms with Crippen LogP contribution in [0.1, 0.15) is 28.7 Å². The molecule has 96 valence electrons. The van der Waals surface area contributed by atoms with E-state index < -0.39 is 0 Å². The zero-order chi connectivity index (χ0) is 13.7. The van der Waals surface area contributed by atoms with E-state index >= 15 is 0 Å². The van der Waals surface area contributed by atoms with E-state index in [9.17, 15) is 4.79 Å². The van der Waals surface area contributed by atoms with Gasteiger partial charge in [-0.1, -0.05) is 6.07 Å². The van der Waals surface area contributed by atoms with E-state index in [0.717, 1.165) is 11.4 Å². The minimum absolute atomic E-state index is 0.269. The van der Waals surface area contributed by atoms with Gasteiger partial charge in [0.05, 0.1) is 11.4 Å². The first kappa shape index (κ1) is 12.9. The highest BCUT2D eigenvalue weighted by molar-refractivity contribution is 5.99. The summed E-state index contributed by atoms with van der Waals surface area (Å²) >= 11 is 0. The van der Waals surface area contributed by atoms with Crippen LogP contribution >= 0.6 is 0 Å². The Morgan fingerprint density at radius 1 is 1.21 bits per heavy atom. The fraction of sp³-hybridized carbons (Fsp3) is 0.143. The van der Waals surface area contributed by atoms with Crippen LogP contribution < -0.4 is 5.43 Å². The Hall–Kier alpha value is -2.56. The first-order valence-corrected chi connectivity index (χ1v) is 5.85. The summed E-state index contributed by atoms with van der Waals surface area (Å²) < 4.78 is 0. The lowest BCUT2D eigenvalue weighted by molar-refractivity contribution is 0.0954. The molecule has 5 heteroatoms. The zero-order valence-electron chi connectivity index (χ0n) is 10.8. The molecule has 0 aromatic carbocycles. The van der Waals surface area contributed by atoms with Gasteiger partial charge >= 0.3 is 0 Å². The molecule has 0 saturated carbocycles. The molecule has 0 radical (unpaired) electrons. The lowest BCUT2D eigenvalue weighted by Crippen LogP contribution is -2.19. The number of amides is 1. The average molecular weight is 254 g/mol. The third kappa shape index (κ3) is 3.45. The molecule has 0 bridgehead atoms. The van der Waals surface area contributed by atoms with Gasteiger partial charge < -0.3 is 0 Å². The van der Waals surface area contributed by atoms with Crippen LogP contribution in [-0.2, 0) is 0 Å². The van der Waals surface area contributed by atoms with Crippen molar-refractivity contribution in [3.63, 3.8) is 0 Å². The lowest BCUT2D eigenvalue weighted by atomic mass is 10.2. The standard InChI is InChI=1S/C14H14N4O/c1-10-4-3-5-13(16-10)11(2)17-18-14(19)12-6-8-15-9-7-12/h3-9H,1-2H3,(H,18,19). The van der Waals surface area contributed by atoms with Crippen molar-refractivity contribution in [2.45, 2.75) is 13.8 Å². The van der Waals surface area contributed by atoms with Crippen molar-refractivity contribution in [2.24, 2.45) is 5.10 Å². The number of carbonyl (C=O) groups excluding carboxylic acids is 1. The predicted molar refractivity (Wildman–Crippen MR) is 72.9 cm³/mol. The Morgan fingerprint density at radius 2 is 1.95 bits per heavy atom. The molecule has 19 heavy (non-hydrogen) atoms. The Morgan fingerprint density at radius 3 is 2.63 bits per heavy atom. The number of hydrazone groups is 1. The van der Waals surface area contributed by atoms with E-state index in [4.69, 9.17) is 0 Å². The largest absolute Gasteiger partial charge is 0.271 e. The van der Waals surface area contributed by atoms with Crippen LogP contribution in [0.3, 0.4) is 0 Å². The van der Waals surface area contributed by atoms with Crippen LogP contribution in [0.4, 0.5) is 0 Å². The average Bonchev–Trinajstić information content (AvgIpc) is 2.45. The van der Waals surface area contributed by atoms with E-state index in [-0.39, 0.29) is 5.91 Å². The molecule has 2 aromatic heterocycles. The van der Waals surface area contributed by atoms with Crippen molar-refractivity contribution >= 4 is 11.6 Å². The van der Waals surface area contributed by atoms with E-state index in [1.54, 1.807) is 31.5 Å². The number of aryl methyl sites for hydroxylation is 1. The van der Waals surface area contributed by atoms with E-state index in [0.29, 0.717) is 11.3 Å². The van der Waals surface area contributed by atoms with Gasteiger partial charge in [-0.15, -0.1) is 0 Å². The van der Waals surface area contributed by atoms with Gasteiger partial charge in [0.25, 0.3) is 5.91 Å². The smallest absolute Gasteiger partial charge is 0.267 e. The summed E-state index contributed by atoms with van der Waals surface area (Å²) in [7, 11) is 0. The quantitative estimate of drug-likeness (QED) is 0.672. The molecule has 2 aromatic rings. The SMILES string of the molecule is CC(=NNC(=O)c1ccncc1)c1cccc(C)n1. The number of carbonyl (C=O) groups is 1. The molecule has 0 atom stereocenters. The maximum atomic E-state index is 11.8. The second-order valence-electron chi connectivity index (χ2n) is 4.04. The molecule has 1 amide bonds. The third-order valence-corrected chi connectivity index (χ3v) is 2.53. The molecule has 0 unspecified atom stereocenters. The van der Waals surface area contributed by atoms with Gasteiger partial charge in [0.2, 0.25) is 0 Å². The highest BCUT2D eigenvalue weighted by Gasteiger charge is 2.04. The Bertz CT molecular complexity index is 608. The van der Waals surface area contributed by atoms with Crippen LogP contribution in [0, 0.1) is 6.92 Å². The normalized spacial score (nSPS) is 11.2. The van der Waals surface area contributed by atoms with Gasteiger partial charge in [-0.3, -0.25) is 14.8 Å². The van der Waals surface area contributed by atoms with Crippen molar-refractivity contribution in [2.75, 3.05) is 0 Å². The molecular formula is C14H14N4O. The molecule has 5 nitrogen and oxygen atoms in total. The van der Waals surface area contributed by atoms with E-state index in [1.807, 2.05) is 25.1 Å². The van der Waals surface area contributed by atoms with Gasteiger partial charge in [0, 0.05) is 23.7 Å². The molecule has 2 rings (SSSR count). The van der Waals surface area contributed by atoms with Crippen LogP contribution in [0.15, 0.2) is 47.8 Å². The lowest BCUT2D eigenvalue weighted by Gasteiger charge is -2.03. The summed E-state index contributed by atoms with van der Waals surface area (Å²) in [4.78, 5) is 20.0. The minimum atomic E-state index is -0.269. The van der Waals surface area contributed by atoms with Crippen LogP contribution in [0.5, 0.6) is 0 Å². The summed E-state index contributed by atoms with van der Waals surface area (Å²) in [5, 5.41) is 4.05. The monoisotopic (exact) mass is 254 g/mol. The number of hydrogen-bond acceptors (Lipinski definition) is 4. The topological polar surface area (TPSA) is 67.2 Å². The molecule has 0 spiro atoms. The highest BCUT2D eigenvalue weighted by atomic mass is 16.2. The molecular weight excluding hydrogens is 240 g/mol. The van der Waals surface area contributed by atoms with Crippen LogP contribution in [0.2, 0.25) is 0 Å². The van der Waals surface area contributed by atoms with Crippen molar-refractivity contribution in [1.29, 1.82) is 0 Å². The van der Waals surface area contributed by atoms with Crippen LogP contribution in [0.25, 0.3) is 0 Å². The number of hydrogen-bond donors (Lipinski definition) is 1. The first-order chi connectivity index (χ1) is 9.16. The summed E-state index contributed by atoms with van der Waals surface area (Å²) in [6.07, 6.45) is 3.13. The molecule has 0 aliphatic rings. The maximum absolute atomic E-state index is 11.8. The molecule has 0 aliphatic carbocycles. The molecule has 1 N–H and O–H groups in total. The van der Waals surface area contributed by atoms with Gasteiger partial charge in [0.1, 0.15) is 0 Å². The predicted octanol–water partition coefficient (Wildman–Crippen LogP) is 1.94. The van der Waals surface area contributed by atoms with E-state index in [1.165, 1.54) is 0 Å². The van der Waals surface area contributed by atoms with Gasteiger partial charge in [0.15, 0.2) is 0 Å². The van der Waals surface area contributed by atoms with Crippen molar-refractivity contribution in [3.8, 4) is 0 Å². The van der Waals surface area contributed by atoms with Crippen molar-refractivity contribution < 1.29 is 4.79 Å². The second-order valence-corrected chi connectivity index (χ2v) is 4.04. The highest BCUT2D eigenvalue weighted by Crippen LogP contribution is 2.00. The summed E-state index contributed by atoms with van der Waals surface area (Å²) in [5.74, 6) is -0.269. The molecule has 0 aliphatic heterocycles. The number of aromatic nitrogens is 2. The third-order valence-electron chi connectivity index (χ3n) is 2.53. The summed E-state index contributed by atoms with van der Waals surface area (Å²) in [6, 6.07) is 8.92. The van der Waals surface area contributed by atoms with Crippen molar-refractivity contribution in [3.05, 3.63) is 59.7 Å². The molecule has 2 heterocycles. The van der Waals surface area contributed by atoms with E-state index in [2.05, 4.69) is 20.5 Å². The Kier molecular flexibility index (Phi) is 3.97. The zero-order valence-corrected chi connectivity index (χ0v) is 10.8. The number of nitrogens with zero attached hydrogens (tertiary/aromatic N) is 3. The number of rotatable bonds is 3. The summed E-state index contributed by atoms with van der Waals surface area (Å²) in [5.41, 5.74) is 5.33. The number of nitrogens with one attached hydrogen (secondary N) is 1. The molecule has 0 saturated heterocycles. The Balaban J connectivity index is 2.09. The molecule has 0 fully saturated rings. The van der Waals surface area contributed by atoms with Crippen molar-refractivity contribution in [1.82, 2.24) is 15.4 Å². The fourth-order valence-corrected chi connectivity index (χ4v) is 1.50. The van der Waals surface area contributed by atoms with Gasteiger partial charge in [-0.25, -0.2) is 5.43 Å². The Labute approximate surface area is 111 Å². The maximum Gasteiger partial charge on any atom is 0.271 e. The van der Waals surface area contributed by atoms with Crippen LogP contribution in [-0.4, -0.2) is 21.6 Å².